The van der Waals surface area contributed by atoms with Gasteiger partial charge < -0.3 is 9.84 Å². The van der Waals surface area contributed by atoms with E-state index in [0.717, 1.165) is 18.7 Å². The van der Waals surface area contributed by atoms with Crippen molar-refractivity contribution in [3.63, 3.8) is 0 Å². The number of ether oxygens (including phenoxy) is 1. The van der Waals surface area contributed by atoms with Gasteiger partial charge >= 0.3 is 5.97 Å². The highest BCUT2D eigenvalue weighted by Crippen LogP contribution is 2.33. The van der Waals surface area contributed by atoms with Crippen molar-refractivity contribution in [3.8, 4) is 0 Å². The van der Waals surface area contributed by atoms with E-state index >= 15 is 0 Å². The van der Waals surface area contributed by atoms with Gasteiger partial charge in [0.05, 0.1) is 11.7 Å². The van der Waals surface area contributed by atoms with Crippen molar-refractivity contribution in [1.29, 1.82) is 0 Å². The minimum atomic E-state index is -0.924. The van der Waals surface area contributed by atoms with Crippen molar-refractivity contribution < 1.29 is 14.6 Å². The predicted octanol–water partition coefficient (Wildman–Crippen LogP) is 2.36. The normalized spacial score (nSPS) is 23.9. The molecular formula is C12H15NO3S. The van der Waals surface area contributed by atoms with Crippen molar-refractivity contribution in [3.05, 3.63) is 23.4 Å². The van der Waals surface area contributed by atoms with Gasteiger partial charge in [-0.05, 0) is 32.4 Å². The van der Waals surface area contributed by atoms with E-state index in [0.29, 0.717) is 10.3 Å². The second-order valence-corrected chi connectivity index (χ2v) is 5.36. The van der Waals surface area contributed by atoms with E-state index in [1.165, 1.54) is 11.8 Å². The third-order valence-electron chi connectivity index (χ3n) is 2.80. The Morgan fingerprint density at radius 1 is 1.59 bits per heavy atom. The van der Waals surface area contributed by atoms with Crippen LogP contribution in [0, 0.1) is 6.92 Å². The number of thioether (sulfide) groups is 1. The molecule has 1 fully saturated rings. The number of pyridine rings is 1. The smallest absolute Gasteiger partial charge is 0.338 e. The Labute approximate surface area is 104 Å². The third-order valence-corrected chi connectivity index (χ3v) is 4.26. The summed E-state index contributed by atoms with van der Waals surface area (Å²) in [6.07, 6.45) is 1.10. The number of aromatic nitrogens is 1. The molecule has 92 valence electrons. The molecule has 4 nitrogen and oxygen atoms in total. The zero-order chi connectivity index (χ0) is 12.4. The number of nitrogens with zero attached hydrogens (tertiary/aromatic N) is 1. The Morgan fingerprint density at radius 2 is 2.35 bits per heavy atom. The van der Waals surface area contributed by atoms with E-state index in [9.17, 15) is 4.79 Å². The number of aryl methyl sites for hydroxylation is 1. The highest BCUT2D eigenvalue weighted by atomic mass is 32.2. The molecule has 2 atom stereocenters. The number of carboxylic acids is 1. The van der Waals surface area contributed by atoms with Crippen molar-refractivity contribution in [2.75, 3.05) is 6.61 Å². The molecule has 1 aliphatic heterocycles. The van der Waals surface area contributed by atoms with E-state index in [-0.39, 0.29) is 11.7 Å². The molecule has 0 amide bonds. The van der Waals surface area contributed by atoms with Gasteiger partial charge in [0.1, 0.15) is 5.03 Å². The number of hydrogen-bond donors (Lipinski definition) is 1. The van der Waals surface area contributed by atoms with Crippen LogP contribution in [0.4, 0.5) is 0 Å². The van der Waals surface area contributed by atoms with E-state index in [4.69, 9.17) is 9.84 Å². The van der Waals surface area contributed by atoms with E-state index in [1.807, 2.05) is 13.8 Å². The second kappa shape index (κ2) is 5.06. The summed E-state index contributed by atoms with van der Waals surface area (Å²) in [5.41, 5.74) is 1.11. The summed E-state index contributed by atoms with van der Waals surface area (Å²) >= 11 is 1.51. The van der Waals surface area contributed by atoms with Crippen LogP contribution in [0.2, 0.25) is 0 Å². The molecule has 2 unspecified atom stereocenters. The summed E-state index contributed by atoms with van der Waals surface area (Å²) in [5, 5.41) is 10.0. The molecule has 0 spiro atoms. The highest BCUT2D eigenvalue weighted by molar-refractivity contribution is 8.00. The predicted molar refractivity (Wildman–Crippen MR) is 65.6 cm³/mol. The Hall–Kier alpha value is -1.07. The Bertz CT molecular complexity index is 436. The molecule has 2 heterocycles. The van der Waals surface area contributed by atoms with E-state index in [1.54, 1.807) is 12.1 Å². The van der Waals surface area contributed by atoms with E-state index < -0.39 is 5.97 Å². The third kappa shape index (κ3) is 2.79. The Morgan fingerprint density at radius 3 is 2.94 bits per heavy atom. The molecular weight excluding hydrogens is 238 g/mol. The Balaban J connectivity index is 2.24. The lowest BCUT2D eigenvalue weighted by atomic mass is 10.2. The van der Waals surface area contributed by atoms with Crippen LogP contribution >= 0.6 is 11.8 Å². The fraction of sp³-hybridized carbons (Fsp3) is 0.500. The largest absolute Gasteiger partial charge is 0.478 e. The van der Waals surface area contributed by atoms with Crippen LogP contribution in [0.3, 0.4) is 0 Å². The molecule has 2 rings (SSSR count). The average Bonchev–Trinajstić information content (AvgIpc) is 2.64. The first-order chi connectivity index (χ1) is 8.08. The summed E-state index contributed by atoms with van der Waals surface area (Å²) in [4.78, 5) is 15.4. The van der Waals surface area contributed by atoms with Crippen LogP contribution in [-0.2, 0) is 4.74 Å². The topological polar surface area (TPSA) is 59.4 Å². The van der Waals surface area contributed by atoms with Crippen LogP contribution in [0.5, 0.6) is 0 Å². The fourth-order valence-electron chi connectivity index (χ4n) is 1.80. The zero-order valence-corrected chi connectivity index (χ0v) is 10.7. The number of aromatic carboxylic acids is 1. The molecule has 0 aliphatic carbocycles. The van der Waals surface area contributed by atoms with Gasteiger partial charge in [-0.1, -0.05) is 11.8 Å². The zero-order valence-electron chi connectivity index (χ0n) is 9.84. The van der Waals surface area contributed by atoms with Crippen molar-refractivity contribution in [2.45, 2.75) is 36.6 Å². The maximum Gasteiger partial charge on any atom is 0.338 e. The van der Waals surface area contributed by atoms with Gasteiger partial charge in [0.15, 0.2) is 0 Å². The minimum absolute atomic E-state index is 0.156. The first kappa shape index (κ1) is 12.4. The van der Waals surface area contributed by atoms with Gasteiger partial charge in [0, 0.05) is 17.6 Å². The molecule has 0 bridgehead atoms. The van der Waals surface area contributed by atoms with Crippen molar-refractivity contribution in [2.24, 2.45) is 0 Å². The second-order valence-electron chi connectivity index (χ2n) is 4.13. The standard InChI is InChI=1S/C12H15NO3S/c1-7-3-4-9(12(14)15)11(13-7)17-10-5-6-16-8(10)2/h3-4,8,10H,5-6H2,1-2H3,(H,14,15). The van der Waals surface area contributed by atoms with Gasteiger partial charge in [-0.15, -0.1) is 0 Å². The molecule has 1 N–H and O–H groups in total. The summed E-state index contributed by atoms with van der Waals surface area (Å²) in [6.45, 7) is 4.62. The van der Waals surface area contributed by atoms with Crippen LogP contribution < -0.4 is 0 Å². The maximum atomic E-state index is 11.1. The number of carbonyl (C=O) groups is 1. The number of carboxylic acid groups (broad SMARTS) is 1. The summed E-state index contributed by atoms with van der Waals surface area (Å²) < 4.78 is 5.47. The molecule has 1 aliphatic rings. The number of rotatable bonds is 3. The Kier molecular flexibility index (Phi) is 3.69. The van der Waals surface area contributed by atoms with Crippen LogP contribution in [0.1, 0.15) is 29.4 Å². The van der Waals surface area contributed by atoms with Gasteiger partial charge in [0.25, 0.3) is 0 Å². The van der Waals surface area contributed by atoms with Crippen molar-refractivity contribution in [1.82, 2.24) is 4.98 Å². The minimum Gasteiger partial charge on any atom is -0.478 e. The lowest BCUT2D eigenvalue weighted by Crippen LogP contribution is -2.14. The monoisotopic (exact) mass is 253 g/mol. The molecule has 0 radical (unpaired) electrons. The van der Waals surface area contributed by atoms with Gasteiger partial charge in [-0.25, -0.2) is 9.78 Å². The SMILES string of the molecule is Cc1ccc(C(=O)O)c(SC2CCOC2C)n1. The number of hydrogen-bond acceptors (Lipinski definition) is 4. The molecule has 1 aromatic rings. The maximum absolute atomic E-state index is 11.1. The highest BCUT2D eigenvalue weighted by Gasteiger charge is 2.27. The summed E-state index contributed by atoms with van der Waals surface area (Å²) in [6, 6.07) is 3.34. The van der Waals surface area contributed by atoms with Crippen LogP contribution in [0.25, 0.3) is 0 Å². The summed E-state index contributed by atoms with van der Waals surface area (Å²) in [7, 11) is 0. The quantitative estimate of drug-likeness (QED) is 0.896. The van der Waals surface area contributed by atoms with E-state index in [2.05, 4.69) is 4.98 Å². The average molecular weight is 253 g/mol. The van der Waals surface area contributed by atoms with Crippen LogP contribution in [-0.4, -0.2) is 34.0 Å². The molecule has 5 heteroatoms. The molecule has 1 aromatic heterocycles. The first-order valence-corrected chi connectivity index (χ1v) is 6.45. The lowest BCUT2D eigenvalue weighted by molar-refractivity contribution is 0.0692. The van der Waals surface area contributed by atoms with Crippen molar-refractivity contribution >= 4 is 17.7 Å². The van der Waals surface area contributed by atoms with Gasteiger partial charge in [0.2, 0.25) is 0 Å². The fourth-order valence-corrected chi connectivity index (χ4v) is 3.05. The molecule has 17 heavy (non-hydrogen) atoms. The summed E-state index contributed by atoms with van der Waals surface area (Å²) in [5.74, 6) is -0.924. The molecule has 0 aromatic carbocycles. The van der Waals surface area contributed by atoms with Crippen LogP contribution in [0.15, 0.2) is 17.2 Å². The molecule has 0 saturated carbocycles. The van der Waals surface area contributed by atoms with Gasteiger partial charge in [-0.3, -0.25) is 0 Å². The first-order valence-electron chi connectivity index (χ1n) is 5.57. The molecule has 1 saturated heterocycles. The lowest BCUT2D eigenvalue weighted by Gasteiger charge is -2.14. The van der Waals surface area contributed by atoms with Gasteiger partial charge in [-0.2, -0.15) is 0 Å².